The molecule has 0 spiro atoms. The summed E-state index contributed by atoms with van der Waals surface area (Å²) >= 11 is 1.51. The first-order valence-electron chi connectivity index (χ1n) is 5.94. The summed E-state index contributed by atoms with van der Waals surface area (Å²) in [4.78, 5) is 24.4. The molecule has 102 valence electrons. The molecule has 1 aliphatic rings. The number of aliphatic hydroxyl groups excluding tert-OH is 1. The molecule has 2 unspecified atom stereocenters. The summed E-state index contributed by atoms with van der Waals surface area (Å²) in [6, 6.07) is 6.50. The van der Waals surface area contributed by atoms with Crippen LogP contribution >= 0.6 is 11.8 Å². The Morgan fingerprint density at radius 2 is 2.00 bits per heavy atom. The third-order valence-corrected chi connectivity index (χ3v) is 4.42. The van der Waals surface area contributed by atoms with Gasteiger partial charge in [-0.1, -0.05) is 12.1 Å². The number of β-amino-alcohol motifs (C(OH)–C–C–N with tert-alkyl or cyclic N) is 1. The van der Waals surface area contributed by atoms with E-state index in [4.69, 9.17) is 10.2 Å². The smallest absolute Gasteiger partial charge is 0.335 e. The van der Waals surface area contributed by atoms with Crippen molar-refractivity contribution in [1.82, 2.24) is 4.90 Å². The monoisotopic (exact) mass is 281 g/mol. The van der Waals surface area contributed by atoms with Crippen molar-refractivity contribution < 1.29 is 19.8 Å². The van der Waals surface area contributed by atoms with Crippen molar-refractivity contribution in [3.05, 3.63) is 35.4 Å². The summed E-state index contributed by atoms with van der Waals surface area (Å²) in [5.74, 6) is -0.964. The number of nitrogens with zero attached hydrogens (tertiary/aromatic N) is 1. The summed E-state index contributed by atoms with van der Waals surface area (Å²) < 4.78 is 0. The third-order valence-electron chi connectivity index (χ3n) is 3.03. The Labute approximate surface area is 115 Å². The van der Waals surface area contributed by atoms with E-state index in [1.165, 1.54) is 23.9 Å². The average molecular weight is 281 g/mol. The minimum Gasteiger partial charge on any atom is -0.478 e. The maximum absolute atomic E-state index is 12.0. The number of rotatable bonds is 4. The molecule has 1 fully saturated rings. The van der Waals surface area contributed by atoms with Crippen molar-refractivity contribution in [2.75, 3.05) is 13.2 Å². The number of amides is 1. The number of hydrogen-bond acceptors (Lipinski definition) is 4. The molecule has 1 aromatic rings. The number of carbonyl (C=O) groups is 2. The number of carboxylic acids is 1. The van der Waals surface area contributed by atoms with Gasteiger partial charge in [-0.3, -0.25) is 4.79 Å². The molecule has 1 aliphatic heterocycles. The van der Waals surface area contributed by atoms with Gasteiger partial charge in [-0.15, -0.1) is 11.8 Å². The topological polar surface area (TPSA) is 77.8 Å². The normalized spacial score (nSPS) is 22.8. The van der Waals surface area contributed by atoms with Gasteiger partial charge in [-0.05, 0) is 24.6 Å². The van der Waals surface area contributed by atoms with E-state index < -0.39 is 5.97 Å². The minimum absolute atomic E-state index is 0.00589. The van der Waals surface area contributed by atoms with Gasteiger partial charge in [0.05, 0.1) is 17.4 Å². The summed E-state index contributed by atoms with van der Waals surface area (Å²) in [6.45, 7) is 2.05. The third kappa shape index (κ3) is 2.74. The number of hydrogen-bond donors (Lipinski definition) is 2. The lowest BCUT2D eigenvalue weighted by Gasteiger charge is -2.23. The highest BCUT2D eigenvalue weighted by atomic mass is 32.2. The van der Waals surface area contributed by atoms with Gasteiger partial charge in [-0.25, -0.2) is 4.79 Å². The van der Waals surface area contributed by atoms with E-state index in [-0.39, 0.29) is 28.7 Å². The Kier molecular flexibility index (Phi) is 4.11. The Bertz CT molecular complexity index is 488. The molecule has 1 heterocycles. The number of aromatic carboxylic acids is 1. The van der Waals surface area contributed by atoms with Gasteiger partial charge < -0.3 is 15.1 Å². The van der Waals surface area contributed by atoms with Crippen LogP contribution in [0.4, 0.5) is 0 Å². The first-order valence-corrected chi connectivity index (χ1v) is 6.89. The van der Waals surface area contributed by atoms with Gasteiger partial charge in [0, 0.05) is 6.54 Å². The zero-order valence-electron chi connectivity index (χ0n) is 10.4. The summed E-state index contributed by atoms with van der Waals surface area (Å²) in [6.07, 6.45) is 0. The van der Waals surface area contributed by atoms with Crippen LogP contribution in [0.15, 0.2) is 24.3 Å². The van der Waals surface area contributed by atoms with Gasteiger partial charge in [-0.2, -0.15) is 0 Å². The fourth-order valence-corrected chi connectivity index (χ4v) is 3.37. The van der Waals surface area contributed by atoms with Crippen LogP contribution in [0.5, 0.6) is 0 Å². The Hall–Kier alpha value is -1.53. The van der Waals surface area contributed by atoms with Gasteiger partial charge >= 0.3 is 5.97 Å². The van der Waals surface area contributed by atoms with E-state index in [9.17, 15) is 9.59 Å². The highest BCUT2D eigenvalue weighted by Gasteiger charge is 2.37. The molecule has 6 heteroatoms. The average Bonchev–Trinajstić information content (AvgIpc) is 2.68. The van der Waals surface area contributed by atoms with Crippen molar-refractivity contribution in [3.63, 3.8) is 0 Å². The Morgan fingerprint density at radius 1 is 1.37 bits per heavy atom. The predicted molar refractivity (Wildman–Crippen MR) is 72.0 cm³/mol. The zero-order valence-corrected chi connectivity index (χ0v) is 11.3. The van der Waals surface area contributed by atoms with Crippen molar-refractivity contribution in [2.24, 2.45) is 0 Å². The second-order valence-electron chi connectivity index (χ2n) is 4.31. The Balaban J connectivity index is 2.24. The van der Waals surface area contributed by atoms with Crippen molar-refractivity contribution in [2.45, 2.75) is 17.5 Å². The maximum atomic E-state index is 12.0. The van der Waals surface area contributed by atoms with E-state index in [0.717, 1.165) is 5.56 Å². The molecule has 1 aromatic carbocycles. The molecule has 0 radical (unpaired) electrons. The van der Waals surface area contributed by atoms with Gasteiger partial charge in [0.15, 0.2) is 0 Å². The molecule has 1 saturated heterocycles. The second-order valence-corrected chi connectivity index (χ2v) is 5.74. The van der Waals surface area contributed by atoms with Crippen LogP contribution in [0.3, 0.4) is 0 Å². The zero-order chi connectivity index (χ0) is 14.0. The minimum atomic E-state index is -0.970. The number of benzene rings is 1. The first-order chi connectivity index (χ1) is 9.04. The molecule has 0 aromatic heterocycles. The molecule has 5 nitrogen and oxygen atoms in total. The second kappa shape index (κ2) is 5.63. The number of thioether (sulfide) groups is 1. The molecular formula is C13H15NO4S. The van der Waals surface area contributed by atoms with Crippen LogP contribution in [0.2, 0.25) is 0 Å². The van der Waals surface area contributed by atoms with Gasteiger partial charge in [0.1, 0.15) is 5.37 Å². The summed E-state index contributed by atoms with van der Waals surface area (Å²) in [5, 5.41) is 17.6. The van der Waals surface area contributed by atoms with Crippen LogP contribution in [0, 0.1) is 0 Å². The van der Waals surface area contributed by atoms with Crippen LogP contribution < -0.4 is 0 Å². The highest BCUT2D eigenvalue weighted by Crippen LogP contribution is 2.42. The lowest BCUT2D eigenvalue weighted by atomic mass is 10.1. The highest BCUT2D eigenvalue weighted by molar-refractivity contribution is 8.01. The van der Waals surface area contributed by atoms with Crippen molar-refractivity contribution in [1.29, 1.82) is 0 Å². The van der Waals surface area contributed by atoms with E-state index >= 15 is 0 Å². The molecule has 2 N–H and O–H groups in total. The molecule has 0 saturated carbocycles. The van der Waals surface area contributed by atoms with Gasteiger partial charge in [0.2, 0.25) is 5.91 Å². The lowest BCUT2D eigenvalue weighted by Crippen LogP contribution is -2.32. The van der Waals surface area contributed by atoms with Crippen molar-refractivity contribution >= 4 is 23.6 Å². The van der Waals surface area contributed by atoms with E-state index in [0.29, 0.717) is 6.54 Å². The summed E-state index contributed by atoms with van der Waals surface area (Å²) in [7, 11) is 0. The maximum Gasteiger partial charge on any atom is 0.335 e. The van der Waals surface area contributed by atoms with Crippen LogP contribution in [0.25, 0.3) is 0 Å². The quantitative estimate of drug-likeness (QED) is 0.871. The fraction of sp³-hybridized carbons (Fsp3) is 0.385. The molecule has 0 bridgehead atoms. The predicted octanol–water partition coefficient (Wildman–Crippen LogP) is 1.34. The van der Waals surface area contributed by atoms with Crippen molar-refractivity contribution in [3.8, 4) is 0 Å². The SMILES string of the molecule is CC1SC(c2ccc(C(=O)O)cc2)N(CCO)C1=O. The van der Waals surface area contributed by atoms with E-state index in [2.05, 4.69) is 0 Å². The van der Waals surface area contributed by atoms with E-state index in [1.807, 2.05) is 6.92 Å². The molecule has 2 rings (SSSR count). The molecule has 0 aliphatic carbocycles. The molecule has 1 amide bonds. The Morgan fingerprint density at radius 3 is 2.53 bits per heavy atom. The molecule has 19 heavy (non-hydrogen) atoms. The van der Waals surface area contributed by atoms with Crippen LogP contribution in [-0.4, -0.2) is 45.4 Å². The van der Waals surface area contributed by atoms with Gasteiger partial charge in [0.25, 0.3) is 0 Å². The standard InChI is InChI=1S/C13H15NO4S/c1-8-11(16)14(6-7-15)12(19-8)9-2-4-10(5-3-9)13(17)18/h2-5,8,12,15H,6-7H2,1H3,(H,17,18). The molecular weight excluding hydrogens is 266 g/mol. The number of carbonyl (C=O) groups excluding carboxylic acids is 1. The molecule has 2 atom stereocenters. The number of aliphatic hydroxyl groups is 1. The largest absolute Gasteiger partial charge is 0.478 e. The fourth-order valence-electron chi connectivity index (χ4n) is 2.06. The lowest BCUT2D eigenvalue weighted by molar-refractivity contribution is -0.130. The number of carboxylic acid groups (broad SMARTS) is 1. The van der Waals surface area contributed by atoms with Crippen LogP contribution in [0.1, 0.15) is 28.2 Å². The summed E-state index contributed by atoms with van der Waals surface area (Å²) in [5.41, 5.74) is 1.10. The van der Waals surface area contributed by atoms with E-state index in [1.54, 1.807) is 17.0 Å². The van der Waals surface area contributed by atoms with Crippen LogP contribution in [-0.2, 0) is 4.79 Å². The first kappa shape index (κ1) is 13.9.